The molecule has 4 heteroatoms. The lowest BCUT2D eigenvalue weighted by atomic mass is 10.2. The summed E-state index contributed by atoms with van der Waals surface area (Å²) in [4.78, 5) is 12.6. The van der Waals surface area contributed by atoms with Gasteiger partial charge in [0.15, 0.2) is 0 Å². The second-order valence-corrected chi connectivity index (χ2v) is 2.86. The molecule has 1 aromatic carbocycles. The second kappa shape index (κ2) is 3.43. The number of aromatic hydroxyl groups is 1. The highest BCUT2D eigenvalue weighted by molar-refractivity contribution is 5.96. The summed E-state index contributed by atoms with van der Waals surface area (Å²) in [7, 11) is 3.07. The highest BCUT2D eigenvalue weighted by atomic mass is 19.1. The van der Waals surface area contributed by atoms with Gasteiger partial charge in [-0.15, -0.1) is 0 Å². The van der Waals surface area contributed by atoms with E-state index in [2.05, 4.69) is 0 Å². The first-order valence-corrected chi connectivity index (χ1v) is 3.72. The van der Waals surface area contributed by atoms with Gasteiger partial charge >= 0.3 is 0 Å². The largest absolute Gasteiger partial charge is 0.507 e. The Morgan fingerprint density at radius 2 is 2.08 bits per heavy atom. The maximum atomic E-state index is 12.7. The molecule has 1 rings (SSSR count). The van der Waals surface area contributed by atoms with Gasteiger partial charge in [-0.1, -0.05) is 0 Å². The predicted molar refractivity (Wildman–Crippen MR) is 46.1 cm³/mol. The summed E-state index contributed by atoms with van der Waals surface area (Å²) in [6.07, 6.45) is 0. The lowest BCUT2D eigenvalue weighted by Gasteiger charge is -2.10. The van der Waals surface area contributed by atoms with Crippen molar-refractivity contribution in [2.45, 2.75) is 0 Å². The van der Waals surface area contributed by atoms with Crippen LogP contribution in [0.1, 0.15) is 10.4 Å². The SMILES string of the molecule is CN(C)C(=O)c1cc(F)ccc1O. The number of phenols is 1. The number of rotatable bonds is 1. The molecule has 1 aromatic rings. The number of carbonyl (C=O) groups is 1. The van der Waals surface area contributed by atoms with Crippen molar-refractivity contribution in [1.29, 1.82) is 0 Å². The van der Waals surface area contributed by atoms with Gasteiger partial charge in [0.1, 0.15) is 11.6 Å². The second-order valence-electron chi connectivity index (χ2n) is 2.86. The smallest absolute Gasteiger partial charge is 0.257 e. The Bertz CT molecular complexity index is 336. The van der Waals surface area contributed by atoms with Crippen molar-refractivity contribution in [1.82, 2.24) is 4.90 Å². The van der Waals surface area contributed by atoms with E-state index in [9.17, 15) is 14.3 Å². The lowest BCUT2D eigenvalue weighted by Crippen LogP contribution is -2.21. The van der Waals surface area contributed by atoms with E-state index in [1.165, 1.54) is 19.0 Å². The Morgan fingerprint density at radius 3 is 2.62 bits per heavy atom. The molecule has 0 atom stereocenters. The molecular weight excluding hydrogens is 173 g/mol. The average molecular weight is 183 g/mol. The molecule has 0 fully saturated rings. The van der Waals surface area contributed by atoms with E-state index < -0.39 is 11.7 Å². The molecule has 0 aromatic heterocycles. The van der Waals surface area contributed by atoms with Crippen molar-refractivity contribution >= 4 is 5.91 Å². The summed E-state index contributed by atoms with van der Waals surface area (Å²) in [5.74, 6) is -1.17. The molecule has 0 spiro atoms. The molecule has 0 aliphatic rings. The van der Waals surface area contributed by atoms with Gasteiger partial charge in [-0.2, -0.15) is 0 Å². The van der Waals surface area contributed by atoms with Crippen molar-refractivity contribution in [3.63, 3.8) is 0 Å². The number of halogens is 1. The summed E-state index contributed by atoms with van der Waals surface area (Å²) < 4.78 is 12.7. The maximum absolute atomic E-state index is 12.7. The van der Waals surface area contributed by atoms with Gasteiger partial charge in [-0.25, -0.2) is 4.39 Å². The number of phenolic OH excluding ortho intramolecular Hbond substituents is 1. The Morgan fingerprint density at radius 1 is 1.46 bits per heavy atom. The first kappa shape index (κ1) is 9.51. The number of hydrogen-bond acceptors (Lipinski definition) is 2. The minimum absolute atomic E-state index is 0.0231. The normalized spacial score (nSPS) is 9.77. The van der Waals surface area contributed by atoms with E-state index >= 15 is 0 Å². The zero-order valence-corrected chi connectivity index (χ0v) is 7.41. The Balaban J connectivity index is 3.13. The summed E-state index contributed by atoms with van der Waals surface area (Å²) in [6, 6.07) is 3.27. The quantitative estimate of drug-likeness (QED) is 0.711. The van der Waals surface area contributed by atoms with E-state index in [4.69, 9.17) is 0 Å². The summed E-state index contributed by atoms with van der Waals surface area (Å²) in [6.45, 7) is 0. The fourth-order valence-corrected chi connectivity index (χ4v) is 0.920. The van der Waals surface area contributed by atoms with Crippen molar-refractivity contribution in [3.8, 4) is 5.75 Å². The molecule has 0 aliphatic carbocycles. The molecule has 0 aliphatic heterocycles. The van der Waals surface area contributed by atoms with Gasteiger partial charge in [-0.05, 0) is 18.2 Å². The minimum Gasteiger partial charge on any atom is -0.507 e. The zero-order chi connectivity index (χ0) is 10.0. The van der Waals surface area contributed by atoms with Crippen LogP contribution in [0.15, 0.2) is 18.2 Å². The Kier molecular flexibility index (Phi) is 2.51. The average Bonchev–Trinajstić information content (AvgIpc) is 2.08. The number of amides is 1. The van der Waals surface area contributed by atoms with Crippen molar-refractivity contribution in [3.05, 3.63) is 29.6 Å². The highest BCUT2D eigenvalue weighted by Crippen LogP contribution is 2.18. The fourth-order valence-electron chi connectivity index (χ4n) is 0.920. The first-order valence-electron chi connectivity index (χ1n) is 3.72. The third-order valence-electron chi connectivity index (χ3n) is 1.60. The Hall–Kier alpha value is -1.58. The van der Waals surface area contributed by atoms with E-state index in [0.717, 1.165) is 18.2 Å². The van der Waals surface area contributed by atoms with Gasteiger partial charge in [0.2, 0.25) is 0 Å². The fraction of sp³-hybridized carbons (Fsp3) is 0.222. The molecule has 0 heterocycles. The Labute approximate surface area is 75.4 Å². The molecule has 70 valence electrons. The molecule has 0 bridgehead atoms. The van der Waals surface area contributed by atoms with Gasteiger partial charge < -0.3 is 10.0 Å². The van der Waals surface area contributed by atoms with Crippen LogP contribution in [0, 0.1) is 5.82 Å². The molecule has 0 saturated heterocycles. The van der Waals surface area contributed by atoms with E-state index in [1.54, 1.807) is 0 Å². The summed E-state index contributed by atoms with van der Waals surface area (Å²) >= 11 is 0. The third kappa shape index (κ3) is 1.96. The molecule has 0 radical (unpaired) electrons. The number of carbonyl (C=O) groups excluding carboxylic acids is 1. The van der Waals surface area contributed by atoms with Crippen LogP contribution in [0.4, 0.5) is 4.39 Å². The standard InChI is InChI=1S/C9H10FNO2/c1-11(2)9(13)7-5-6(10)3-4-8(7)12/h3-5,12H,1-2H3. The molecular formula is C9H10FNO2. The van der Waals surface area contributed by atoms with Crippen LogP contribution < -0.4 is 0 Å². The molecule has 1 N–H and O–H groups in total. The van der Waals surface area contributed by atoms with Crippen LogP contribution in [-0.2, 0) is 0 Å². The van der Waals surface area contributed by atoms with Crippen molar-refractivity contribution < 1.29 is 14.3 Å². The van der Waals surface area contributed by atoms with Gasteiger partial charge in [-0.3, -0.25) is 4.79 Å². The van der Waals surface area contributed by atoms with Crippen LogP contribution in [0.25, 0.3) is 0 Å². The van der Waals surface area contributed by atoms with Crippen molar-refractivity contribution in [2.24, 2.45) is 0 Å². The zero-order valence-electron chi connectivity index (χ0n) is 7.41. The molecule has 3 nitrogen and oxygen atoms in total. The third-order valence-corrected chi connectivity index (χ3v) is 1.60. The van der Waals surface area contributed by atoms with Crippen LogP contribution in [-0.4, -0.2) is 30.0 Å². The monoisotopic (exact) mass is 183 g/mol. The number of hydrogen-bond donors (Lipinski definition) is 1. The van der Waals surface area contributed by atoms with E-state index in [-0.39, 0.29) is 11.3 Å². The van der Waals surface area contributed by atoms with Gasteiger partial charge in [0.25, 0.3) is 5.91 Å². The van der Waals surface area contributed by atoms with Crippen molar-refractivity contribution in [2.75, 3.05) is 14.1 Å². The van der Waals surface area contributed by atoms with Gasteiger partial charge in [0.05, 0.1) is 5.56 Å². The summed E-state index contributed by atoms with van der Waals surface area (Å²) in [5.41, 5.74) is -0.0231. The van der Waals surface area contributed by atoms with Crippen LogP contribution in [0.2, 0.25) is 0 Å². The van der Waals surface area contributed by atoms with Crippen LogP contribution in [0.5, 0.6) is 5.75 Å². The maximum Gasteiger partial charge on any atom is 0.257 e. The first-order chi connectivity index (χ1) is 6.02. The predicted octanol–water partition coefficient (Wildman–Crippen LogP) is 1.23. The van der Waals surface area contributed by atoms with E-state index in [0.29, 0.717) is 0 Å². The highest BCUT2D eigenvalue weighted by Gasteiger charge is 2.13. The number of nitrogens with zero attached hydrogens (tertiary/aromatic N) is 1. The molecule has 0 unspecified atom stereocenters. The minimum atomic E-state index is -0.539. The number of benzene rings is 1. The van der Waals surface area contributed by atoms with Crippen LogP contribution >= 0.6 is 0 Å². The lowest BCUT2D eigenvalue weighted by molar-refractivity contribution is 0.0824. The molecule has 13 heavy (non-hydrogen) atoms. The van der Waals surface area contributed by atoms with E-state index in [1.807, 2.05) is 0 Å². The molecule has 1 amide bonds. The molecule has 0 saturated carbocycles. The van der Waals surface area contributed by atoms with Gasteiger partial charge in [0, 0.05) is 14.1 Å². The topological polar surface area (TPSA) is 40.5 Å². The van der Waals surface area contributed by atoms with Crippen LogP contribution in [0.3, 0.4) is 0 Å². The summed E-state index contributed by atoms with van der Waals surface area (Å²) in [5, 5.41) is 9.24.